The van der Waals surface area contributed by atoms with Crippen LogP contribution in [0.1, 0.15) is 23.6 Å². The zero-order chi connectivity index (χ0) is 19.5. The van der Waals surface area contributed by atoms with E-state index in [1.807, 2.05) is 6.07 Å². The van der Waals surface area contributed by atoms with E-state index >= 15 is 0 Å². The molecule has 2 aliphatic heterocycles. The lowest BCUT2D eigenvalue weighted by molar-refractivity contribution is -0.125. The number of halogens is 2. The van der Waals surface area contributed by atoms with Crippen molar-refractivity contribution < 1.29 is 18.7 Å². The molecular formula is C20H21ClFN3O3. The van der Waals surface area contributed by atoms with Gasteiger partial charge in [-0.05, 0) is 35.4 Å². The minimum Gasteiger partial charge on any atom is -0.489 e. The molecule has 8 heteroatoms. The molecular weight excluding hydrogens is 385 g/mol. The maximum Gasteiger partial charge on any atom is 0.226 e. The summed E-state index contributed by atoms with van der Waals surface area (Å²) < 4.78 is 24.5. The average molecular weight is 406 g/mol. The number of benzene rings is 2. The lowest BCUT2D eigenvalue weighted by Gasteiger charge is -2.19. The highest BCUT2D eigenvalue weighted by atomic mass is 35.5. The van der Waals surface area contributed by atoms with Crippen LogP contribution in [0.2, 0.25) is 5.02 Å². The summed E-state index contributed by atoms with van der Waals surface area (Å²) in [4.78, 5) is 12.7. The number of rotatable bonds is 4. The highest BCUT2D eigenvalue weighted by Gasteiger charge is 2.33. The van der Waals surface area contributed by atoms with Gasteiger partial charge in [-0.3, -0.25) is 10.2 Å². The van der Waals surface area contributed by atoms with Crippen molar-refractivity contribution in [2.24, 2.45) is 5.92 Å². The summed E-state index contributed by atoms with van der Waals surface area (Å²) in [6, 6.07) is 9.54. The summed E-state index contributed by atoms with van der Waals surface area (Å²) in [5.41, 5.74) is 7.78. The van der Waals surface area contributed by atoms with E-state index in [9.17, 15) is 9.18 Å². The summed E-state index contributed by atoms with van der Waals surface area (Å²) in [5.74, 6) is 0.427. The molecule has 6 nitrogen and oxygen atoms in total. The summed E-state index contributed by atoms with van der Waals surface area (Å²) in [5, 5.41) is 3.42. The van der Waals surface area contributed by atoms with Crippen LogP contribution in [0, 0.1) is 11.7 Å². The molecule has 1 amide bonds. The second-order valence-electron chi connectivity index (χ2n) is 6.83. The number of fused-ring (bicyclic) bond motifs is 1. The Balaban J connectivity index is 1.43. The third-order valence-corrected chi connectivity index (χ3v) is 5.16. The Morgan fingerprint density at radius 2 is 2.00 bits per heavy atom. The van der Waals surface area contributed by atoms with Crippen LogP contribution < -0.4 is 25.6 Å². The Hall–Kier alpha value is -2.35. The van der Waals surface area contributed by atoms with Gasteiger partial charge in [0.2, 0.25) is 5.91 Å². The highest BCUT2D eigenvalue weighted by Crippen LogP contribution is 2.38. The van der Waals surface area contributed by atoms with Gasteiger partial charge in [0.1, 0.15) is 5.82 Å². The van der Waals surface area contributed by atoms with Crippen molar-refractivity contribution in [3.05, 3.63) is 58.4 Å². The number of hydrazine groups is 1. The van der Waals surface area contributed by atoms with Crippen LogP contribution in [0.4, 0.5) is 4.39 Å². The van der Waals surface area contributed by atoms with E-state index < -0.39 is 0 Å². The molecule has 2 heterocycles. The molecule has 2 unspecified atom stereocenters. The molecule has 0 saturated carbocycles. The zero-order valence-corrected chi connectivity index (χ0v) is 15.9. The van der Waals surface area contributed by atoms with Gasteiger partial charge in [-0.15, -0.1) is 0 Å². The van der Waals surface area contributed by atoms with E-state index in [-0.39, 0.29) is 23.7 Å². The van der Waals surface area contributed by atoms with Gasteiger partial charge >= 0.3 is 0 Å². The Kier molecular flexibility index (Phi) is 5.66. The molecule has 3 N–H and O–H groups in total. The van der Waals surface area contributed by atoms with Crippen LogP contribution >= 0.6 is 11.6 Å². The maximum atomic E-state index is 13.2. The van der Waals surface area contributed by atoms with Crippen molar-refractivity contribution in [2.45, 2.75) is 19.0 Å². The fourth-order valence-corrected chi connectivity index (χ4v) is 3.72. The first kappa shape index (κ1) is 19.0. The number of carbonyl (C=O) groups excluding carboxylic acids is 1. The van der Waals surface area contributed by atoms with Gasteiger partial charge in [-0.25, -0.2) is 9.82 Å². The molecule has 28 heavy (non-hydrogen) atoms. The molecule has 0 spiro atoms. The van der Waals surface area contributed by atoms with Gasteiger partial charge in [0.05, 0.1) is 30.2 Å². The van der Waals surface area contributed by atoms with Crippen molar-refractivity contribution in [3.8, 4) is 11.5 Å². The minimum atomic E-state index is -0.318. The minimum absolute atomic E-state index is 0.102. The van der Waals surface area contributed by atoms with Crippen molar-refractivity contribution in [1.29, 1.82) is 0 Å². The second kappa shape index (κ2) is 8.34. The van der Waals surface area contributed by atoms with E-state index in [1.54, 1.807) is 18.2 Å². The Labute approximate surface area is 167 Å². The van der Waals surface area contributed by atoms with Crippen molar-refractivity contribution >= 4 is 17.5 Å². The Morgan fingerprint density at radius 3 is 2.82 bits per heavy atom. The van der Waals surface area contributed by atoms with Gasteiger partial charge in [0.15, 0.2) is 11.5 Å². The molecule has 0 aliphatic carbocycles. The van der Waals surface area contributed by atoms with Crippen LogP contribution in [-0.2, 0) is 11.3 Å². The molecule has 4 rings (SSSR count). The maximum absolute atomic E-state index is 13.2. The predicted octanol–water partition coefficient (Wildman–Crippen LogP) is 2.72. The van der Waals surface area contributed by atoms with Gasteiger partial charge in [0.25, 0.3) is 0 Å². The summed E-state index contributed by atoms with van der Waals surface area (Å²) >= 11 is 6.31. The number of hydrogen-bond donors (Lipinski definition) is 3. The summed E-state index contributed by atoms with van der Waals surface area (Å²) in [6.07, 6.45) is 0.795. The molecule has 1 fully saturated rings. The smallest absolute Gasteiger partial charge is 0.226 e. The largest absolute Gasteiger partial charge is 0.489 e. The summed E-state index contributed by atoms with van der Waals surface area (Å²) in [7, 11) is 0. The quantitative estimate of drug-likeness (QED) is 0.729. The van der Waals surface area contributed by atoms with Crippen LogP contribution in [0.15, 0.2) is 36.4 Å². The van der Waals surface area contributed by atoms with Crippen molar-refractivity contribution in [2.75, 3.05) is 19.8 Å². The van der Waals surface area contributed by atoms with Crippen LogP contribution in [0.3, 0.4) is 0 Å². The number of amides is 1. The fraction of sp³-hybridized carbons (Fsp3) is 0.350. The number of ether oxygens (including phenoxy) is 2. The van der Waals surface area contributed by atoms with Crippen LogP contribution in [0.5, 0.6) is 11.5 Å². The first-order chi connectivity index (χ1) is 13.6. The molecule has 2 aromatic carbocycles. The van der Waals surface area contributed by atoms with Crippen LogP contribution in [0.25, 0.3) is 0 Å². The number of carbonyl (C=O) groups is 1. The molecule has 0 aromatic heterocycles. The fourth-order valence-electron chi connectivity index (χ4n) is 3.43. The monoisotopic (exact) mass is 405 g/mol. The normalized spacial score (nSPS) is 21.2. The third kappa shape index (κ3) is 4.06. The lowest BCUT2D eigenvalue weighted by atomic mass is 9.94. The zero-order valence-electron chi connectivity index (χ0n) is 15.1. The lowest BCUT2D eigenvalue weighted by Crippen LogP contribution is -2.34. The van der Waals surface area contributed by atoms with Crippen LogP contribution in [-0.4, -0.2) is 25.7 Å². The third-order valence-electron chi connectivity index (χ3n) is 4.88. The van der Waals surface area contributed by atoms with Gasteiger partial charge < -0.3 is 14.8 Å². The number of hydrogen-bond acceptors (Lipinski definition) is 5. The van der Waals surface area contributed by atoms with E-state index in [2.05, 4.69) is 16.2 Å². The molecule has 2 aliphatic rings. The molecule has 2 aromatic rings. The summed E-state index contributed by atoms with van der Waals surface area (Å²) in [6.45, 7) is 1.94. The molecule has 0 radical (unpaired) electrons. The highest BCUT2D eigenvalue weighted by molar-refractivity contribution is 6.32. The molecule has 2 atom stereocenters. The average Bonchev–Trinajstić information content (AvgIpc) is 3.05. The number of nitrogens with one attached hydrogen (secondary N) is 3. The predicted molar refractivity (Wildman–Crippen MR) is 103 cm³/mol. The van der Waals surface area contributed by atoms with E-state index in [4.69, 9.17) is 21.1 Å². The SMILES string of the molecule is O=C(NCc1cc(Cl)c2c(c1)OCCCO2)C1CNNC1c1ccc(F)cc1. The standard InChI is InChI=1S/C20H21ClFN3O3/c21-16-8-12(9-17-19(16)28-7-1-6-27-17)10-23-20(26)15-11-24-25-18(15)13-2-4-14(22)5-3-13/h2-5,8-9,15,18,24-25H,1,6-7,10-11H2,(H,23,26). The second-order valence-corrected chi connectivity index (χ2v) is 7.24. The molecule has 1 saturated heterocycles. The van der Waals surface area contributed by atoms with E-state index in [0.29, 0.717) is 42.8 Å². The Bertz CT molecular complexity index is 863. The first-order valence-corrected chi connectivity index (χ1v) is 9.59. The molecule has 0 bridgehead atoms. The van der Waals surface area contributed by atoms with Crippen molar-refractivity contribution in [3.63, 3.8) is 0 Å². The van der Waals surface area contributed by atoms with Crippen molar-refractivity contribution in [1.82, 2.24) is 16.2 Å². The van der Waals surface area contributed by atoms with E-state index in [1.165, 1.54) is 12.1 Å². The van der Waals surface area contributed by atoms with E-state index in [0.717, 1.165) is 17.5 Å². The van der Waals surface area contributed by atoms with Gasteiger partial charge in [-0.2, -0.15) is 0 Å². The van der Waals surface area contributed by atoms with Gasteiger partial charge in [0, 0.05) is 19.5 Å². The first-order valence-electron chi connectivity index (χ1n) is 9.21. The van der Waals surface area contributed by atoms with Gasteiger partial charge in [-0.1, -0.05) is 23.7 Å². The molecule has 148 valence electrons. The topological polar surface area (TPSA) is 71.6 Å². The Morgan fingerprint density at radius 1 is 1.21 bits per heavy atom.